The highest BCUT2D eigenvalue weighted by molar-refractivity contribution is 5.97. The first-order valence-electron chi connectivity index (χ1n) is 10.9. The molecule has 6 N–H and O–H groups in total. The van der Waals surface area contributed by atoms with Gasteiger partial charge in [-0.1, -0.05) is 19.0 Å². The zero-order chi connectivity index (χ0) is 23.5. The summed E-state index contributed by atoms with van der Waals surface area (Å²) < 4.78 is 12.7. The molecular weight excluding hydrogens is 413 g/mol. The maximum Gasteiger partial charge on any atom is 0.254 e. The van der Waals surface area contributed by atoms with Crippen molar-refractivity contribution >= 4 is 23.1 Å². The summed E-state index contributed by atoms with van der Waals surface area (Å²) >= 11 is 0. The van der Waals surface area contributed by atoms with Crippen LogP contribution in [0.3, 0.4) is 0 Å². The molecule has 1 atom stereocenters. The van der Waals surface area contributed by atoms with Crippen molar-refractivity contribution < 1.29 is 14.0 Å². The first kappa shape index (κ1) is 25.3. The van der Waals surface area contributed by atoms with Gasteiger partial charge in [-0.3, -0.25) is 14.8 Å². The molecule has 2 aromatic rings. The third kappa shape index (κ3) is 7.93. The molecule has 0 saturated carbocycles. The van der Waals surface area contributed by atoms with Crippen molar-refractivity contribution in [3.8, 4) is 0 Å². The predicted octanol–water partition coefficient (Wildman–Crippen LogP) is 2.99. The van der Waals surface area contributed by atoms with Crippen LogP contribution in [0.5, 0.6) is 0 Å². The zero-order valence-corrected chi connectivity index (χ0v) is 19.0. The summed E-state index contributed by atoms with van der Waals surface area (Å²) in [6.45, 7) is 9.25. The van der Waals surface area contributed by atoms with Gasteiger partial charge in [-0.15, -0.1) is 0 Å². The van der Waals surface area contributed by atoms with E-state index >= 15 is 0 Å². The second-order valence-corrected chi connectivity index (χ2v) is 7.55. The van der Waals surface area contributed by atoms with Crippen LogP contribution in [0.4, 0.5) is 15.9 Å². The number of carbonyl (C=O) groups is 1. The Balaban J connectivity index is 0.000000212. The van der Waals surface area contributed by atoms with Gasteiger partial charge < -0.3 is 21.6 Å². The molecular formula is C22H34FN7O2. The first-order chi connectivity index (χ1) is 15.4. The molecule has 0 spiro atoms. The molecule has 1 aromatic carbocycles. The molecule has 0 radical (unpaired) electrons. The number of benzene rings is 1. The summed E-state index contributed by atoms with van der Waals surface area (Å²) in [5, 5.41) is 13.1. The second kappa shape index (κ2) is 12.8. The standard InChI is InChI=1S/C10H9FN4O.C10H19N3O.C2H6/c11-6-1-3-7(4-2-6)14-10-8(9(12)16)5-13-15-10;1-8-6-10(14-12-8)7-13-4-2-9(11)3-5-13;1-2/h1-5H,(H2,12,16)(H2,13,14,15);9-10H,2-7,11H2,1H3;1-2H3. The van der Waals surface area contributed by atoms with Crippen LogP contribution in [0.1, 0.15) is 50.4 Å². The Morgan fingerprint density at radius 1 is 1.28 bits per heavy atom. The molecule has 2 aliphatic heterocycles. The molecule has 1 fully saturated rings. The van der Waals surface area contributed by atoms with Crippen LogP contribution < -0.4 is 16.8 Å². The Labute approximate surface area is 188 Å². The first-order valence-corrected chi connectivity index (χ1v) is 10.9. The predicted molar refractivity (Wildman–Crippen MR) is 124 cm³/mol. The van der Waals surface area contributed by atoms with Gasteiger partial charge in [0.05, 0.1) is 11.9 Å². The number of hydrogen-bond donors (Lipinski definition) is 4. The van der Waals surface area contributed by atoms with Crippen LogP contribution in [0.15, 0.2) is 35.6 Å². The molecule has 0 bridgehead atoms. The summed E-state index contributed by atoms with van der Waals surface area (Å²) in [4.78, 5) is 18.7. The molecule has 9 nitrogen and oxygen atoms in total. The fourth-order valence-corrected chi connectivity index (χ4v) is 3.34. The quantitative estimate of drug-likeness (QED) is 0.557. The number of rotatable bonds is 5. The van der Waals surface area contributed by atoms with Crippen molar-refractivity contribution in [3.05, 3.63) is 41.8 Å². The highest BCUT2D eigenvalue weighted by Gasteiger charge is 2.23. The van der Waals surface area contributed by atoms with Crippen LogP contribution >= 0.6 is 0 Å². The maximum atomic E-state index is 12.7. The Morgan fingerprint density at radius 3 is 2.50 bits per heavy atom. The van der Waals surface area contributed by atoms with E-state index in [1.165, 1.54) is 18.3 Å². The lowest BCUT2D eigenvalue weighted by Gasteiger charge is -2.31. The van der Waals surface area contributed by atoms with Gasteiger partial charge in [-0.25, -0.2) is 4.39 Å². The molecule has 0 aliphatic carbocycles. The average Bonchev–Trinajstić information content (AvgIpc) is 3.42. The minimum Gasteiger partial charge on any atom is -0.391 e. The molecule has 32 heavy (non-hydrogen) atoms. The smallest absolute Gasteiger partial charge is 0.254 e. The lowest BCUT2D eigenvalue weighted by Crippen LogP contribution is -2.42. The number of amides is 1. The zero-order valence-electron chi connectivity index (χ0n) is 19.0. The van der Waals surface area contributed by atoms with E-state index < -0.39 is 5.91 Å². The Morgan fingerprint density at radius 2 is 1.94 bits per heavy atom. The molecule has 4 rings (SSSR count). The minimum absolute atomic E-state index is 0.254. The van der Waals surface area contributed by atoms with Crippen molar-refractivity contribution in [2.75, 3.05) is 25.0 Å². The number of H-pyrrole nitrogens is 1. The third-order valence-corrected chi connectivity index (χ3v) is 4.99. The van der Waals surface area contributed by atoms with E-state index in [2.05, 4.69) is 25.6 Å². The fraction of sp³-hybridized carbons (Fsp3) is 0.500. The third-order valence-electron chi connectivity index (χ3n) is 4.99. The monoisotopic (exact) mass is 447 g/mol. The SMILES string of the molecule is CC.CC1=NOC(CN2CCC(N)CC2)C1.NC(=O)c1cn[nH]c1Nc1ccc(F)cc1. The van der Waals surface area contributed by atoms with Crippen LogP contribution in [0.2, 0.25) is 0 Å². The number of aromatic amines is 1. The summed E-state index contributed by atoms with van der Waals surface area (Å²) in [5.74, 6) is -0.525. The van der Waals surface area contributed by atoms with Gasteiger partial charge in [-0.05, 0) is 57.1 Å². The number of halogens is 1. The number of likely N-dealkylation sites (tertiary alicyclic amines) is 1. The summed E-state index contributed by atoms with van der Waals surface area (Å²) in [6.07, 6.45) is 4.83. The van der Waals surface area contributed by atoms with E-state index in [9.17, 15) is 9.18 Å². The number of nitrogens with two attached hydrogens (primary N) is 2. The summed E-state index contributed by atoms with van der Waals surface area (Å²) in [6, 6.07) is 6.11. The van der Waals surface area contributed by atoms with Crippen LogP contribution in [0, 0.1) is 5.82 Å². The molecule has 1 unspecified atom stereocenters. The van der Waals surface area contributed by atoms with E-state index in [1.807, 2.05) is 20.8 Å². The van der Waals surface area contributed by atoms with Crippen molar-refractivity contribution in [2.45, 2.75) is 52.2 Å². The summed E-state index contributed by atoms with van der Waals surface area (Å²) in [5.41, 5.74) is 13.0. The van der Waals surface area contributed by atoms with E-state index in [-0.39, 0.29) is 17.5 Å². The van der Waals surface area contributed by atoms with Gasteiger partial charge in [-0.2, -0.15) is 5.10 Å². The maximum absolute atomic E-state index is 12.7. The number of hydrogen-bond acceptors (Lipinski definition) is 7. The van der Waals surface area contributed by atoms with Gasteiger partial charge in [0.15, 0.2) is 0 Å². The molecule has 1 saturated heterocycles. The van der Waals surface area contributed by atoms with E-state index in [0.29, 0.717) is 17.5 Å². The number of oxime groups is 1. The molecule has 1 aromatic heterocycles. The topological polar surface area (TPSA) is 135 Å². The van der Waals surface area contributed by atoms with E-state index in [0.717, 1.165) is 44.6 Å². The number of nitrogens with one attached hydrogen (secondary N) is 2. The van der Waals surface area contributed by atoms with E-state index in [1.54, 1.807) is 12.1 Å². The number of nitrogens with zero attached hydrogens (tertiary/aromatic N) is 3. The summed E-state index contributed by atoms with van der Waals surface area (Å²) in [7, 11) is 0. The van der Waals surface area contributed by atoms with Crippen LogP contribution in [0.25, 0.3) is 0 Å². The van der Waals surface area contributed by atoms with E-state index in [4.69, 9.17) is 16.3 Å². The Bertz CT molecular complexity index is 861. The number of primary amides is 1. The van der Waals surface area contributed by atoms with Crippen LogP contribution in [-0.2, 0) is 4.84 Å². The number of carbonyl (C=O) groups excluding carboxylic acids is 1. The fourth-order valence-electron chi connectivity index (χ4n) is 3.34. The molecule has 2 aliphatic rings. The second-order valence-electron chi connectivity index (χ2n) is 7.55. The van der Waals surface area contributed by atoms with Gasteiger partial charge >= 0.3 is 0 Å². The van der Waals surface area contributed by atoms with Crippen LogP contribution in [-0.4, -0.2) is 58.5 Å². The average molecular weight is 448 g/mol. The van der Waals surface area contributed by atoms with Gasteiger partial charge in [0.25, 0.3) is 5.91 Å². The van der Waals surface area contributed by atoms with Gasteiger partial charge in [0.2, 0.25) is 0 Å². The molecule has 3 heterocycles. The minimum atomic E-state index is -0.585. The molecule has 1 amide bonds. The highest BCUT2D eigenvalue weighted by Crippen LogP contribution is 2.18. The highest BCUT2D eigenvalue weighted by atomic mass is 19.1. The van der Waals surface area contributed by atoms with Crippen molar-refractivity contribution in [1.82, 2.24) is 15.1 Å². The van der Waals surface area contributed by atoms with Gasteiger partial charge in [0.1, 0.15) is 23.3 Å². The molecule has 176 valence electrons. The van der Waals surface area contributed by atoms with Crippen molar-refractivity contribution in [3.63, 3.8) is 0 Å². The van der Waals surface area contributed by atoms with Crippen molar-refractivity contribution in [1.29, 1.82) is 0 Å². The Hall–Kier alpha value is -2.98. The number of piperidine rings is 1. The molecule has 10 heteroatoms. The Kier molecular flexibility index (Phi) is 10.1. The lowest BCUT2D eigenvalue weighted by molar-refractivity contribution is 0.0456. The number of aromatic nitrogens is 2. The number of anilines is 2. The lowest BCUT2D eigenvalue weighted by atomic mass is 10.1. The van der Waals surface area contributed by atoms with Crippen molar-refractivity contribution in [2.24, 2.45) is 16.6 Å². The largest absolute Gasteiger partial charge is 0.391 e. The normalized spacial score (nSPS) is 18.4. The van der Waals surface area contributed by atoms with Gasteiger partial charge in [0, 0.05) is 24.7 Å².